The molecule has 8 heteroatoms. The van der Waals surface area contributed by atoms with E-state index in [0.717, 1.165) is 77.1 Å². The van der Waals surface area contributed by atoms with Gasteiger partial charge in [0.15, 0.2) is 0 Å². The van der Waals surface area contributed by atoms with E-state index in [1.54, 1.807) is 0 Å². The van der Waals surface area contributed by atoms with Gasteiger partial charge in [0, 0.05) is 59.9 Å². The first-order chi connectivity index (χ1) is 18.4. The van der Waals surface area contributed by atoms with Crippen LogP contribution in [0.2, 0.25) is 0 Å². The number of hydrogen-bond acceptors (Lipinski definition) is 4. The van der Waals surface area contributed by atoms with Crippen molar-refractivity contribution in [3.8, 4) is 22.5 Å². The summed E-state index contributed by atoms with van der Waals surface area (Å²) in [5.74, 6) is 1.55. The molecule has 1 saturated heterocycles. The molecule has 1 aliphatic carbocycles. The van der Waals surface area contributed by atoms with E-state index < -0.39 is 0 Å². The average molecular weight is 506 g/mol. The summed E-state index contributed by atoms with van der Waals surface area (Å²) in [5, 5.41) is 14.2. The van der Waals surface area contributed by atoms with Gasteiger partial charge >= 0.3 is 0 Å². The molecule has 1 saturated carbocycles. The highest BCUT2D eigenvalue weighted by molar-refractivity contribution is 5.99. The molecule has 4 heterocycles. The van der Waals surface area contributed by atoms with Crippen molar-refractivity contribution < 1.29 is 4.79 Å². The SMILES string of the molecule is C=CC(=O)N1CC2(CC(c3nc(-c4ccc5c(cnn5C)c4)c(-c4c(C)ccc5[nH]ncc45)n3CC)C2)C1. The molecule has 192 valence electrons. The number of nitrogens with zero attached hydrogens (tertiary/aromatic N) is 6. The number of carbonyl (C=O) groups is 1. The Bertz CT molecular complexity index is 1740. The van der Waals surface area contributed by atoms with Crippen LogP contribution in [0.25, 0.3) is 44.3 Å². The lowest BCUT2D eigenvalue weighted by atomic mass is 9.57. The fourth-order valence-electron chi connectivity index (χ4n) is 6.78. The minimum absolute atomic E-state index is 0.0354. The number of carbonyl (C=O) groups excluding carboxylic acids is 1. The highest BCUT2D eigenvalue weighted by Crippen LogP contribution is 2.56. The van der Waals surface area contributed by atoms with E-state index in [0.29, 0.717) is 5.92 Å². The molecule has 8 nitrogen and oxygen atoms in total. The number of hydrogen-bond donors (Lipinski definition) is 1. The molecule has 3 aromatic heterocycles. The van der Waals surface area contributed by atoms with Gasteiger partial charge in [0.2, 0.25) is 5.91 Å². The van der Waals surface area contributed by atoms with Crippen LogP contribution in [0.15, 0.2) is 55.4 Å². The second-order valence-corrected chi connectivity index (χ2v) is 11.0. The summed E-state index contributed by atoms with van der Waals surface area (Å²) in [4.78, 5) is 19.3. The molecule has 1 aliphatic heterocycles. The number of likely N-dealkylation sites (tertiary alicyclic amines) is 1. The van der Waals surface area contributed by atoms with Crippen LogP contribution in [0.1, 0.15) is 37.1 Å². The summed E-state index contributed by atoms with van der Waals surface area (Å²) in [6.07, 6.45) is 7.38. The summed E-state index contributed by atoms with van der Waals surface area (Å²) in [5.41, 5.74) is 7.97. The smallest absolute Gasteiger partial charge is 0.245 e. The average Bonchev–Trinajstić information content (AvgIpc) is 3.59. The molecule has 1 spiro atoms. The van der Waals surface area contributed by atoms with Crippen molar-refractivity contribution in [2.75, 3.05) is 13.1 Å². The predicted octanol–water partition coefficient (Wildman–Crippen LogP) is 5.20. The third-order valence-electron chi connectivity index (χ3n) is 8.67. The number of benzene rings is 2. The zero-order chi connectivity index (χ0) is 26.2. The maximum Gasteiger partial charge on any atom is 0.245 e. The third-order valence-corrected chi connectivity index (χ3v) is 8.67. The molecule has 0 unspecified atom stereocenters. The molecular formula is C30H31N7O. The topological polar surface area (TPSA) is 84.6 Å². The molecule has 1 N–H and O–H groups in total. The van der Waals surface area contributed by atoms with Crippen LogP contribution >= 0.6 is 0 Å². The number of imidazole rings is 1. The van der Waals surface area contributed by atoms with E-state index >= 15 is 0 Å². The minimum atomic E-state index is 0.0354. The zero-order valence-corrected chi connectivity index (χ0v) is 22.0. The summed E-state index contributed by atoms with van der Waals surface area (Å²) in [6.45, 7) is 10.5. The quantitative estimate of drug-likeness (QED) is 0.333. The van der Waals surface area contributed by atoms with Gasteiger partial charge in [-0.2, -0.15) is 10.2 Å². The molecule has 38 heavy (non-hydrogen) atoms. The standard InChI is InChI=1S/C30H31N7O/c1-5-25(38)36-16-30(17-36)12-21(13-30)29-33-27(19-8-10-24-20(11-19)14-32-35(24)4)28(37(29)6-2)26-18(3)7-9-23-22(26)15-31-34-23/h5,7-11,14-15,21H,1,6,12-13,16-17H2,2-4H3,(H,31,34). The molecule has 2 aromatic carbocycles. The van der Waals surface area contributed by atoms with Crippen LogP contribution < -0.4 is 0 Å². The fourth-order valence-corrected chi connectivity index (χ4v) is 6.78. The maximum atomic E-state index is 12.0. The highest BCUT2D eigenvalue weighted by Gasteiger charge is 2.54. The molecule has 0 radical (unpaired) electrons. The van der Waals surface area contributed by atoms with Crippen molar-refractivity contribution in [3.63, 3.8) is 0 Å². The molecule has 5 aromatic rings. The molecule has 1 amide bonds. The lowest BCUT2D eigenvalue weighted by molar-refractivity contribution is -0.146. The Balaban J connectivity index is 1.37. The van der Waals surface area contributed by atoms with Gasteiger partial charge in [0.1, 0.15) is 5.82 Å². The zero-order valence-electron chi connectivity index (χ0n) is 22.0. The van der Waals surface area contributed by atoms with Gasteiger partial charge in [0.05, 0.1) is 34.8 Å². The van der Waals surface area contributed by atoms with E-state index in [9.17, 15) is 4.79 Å². The number of aryl methyl sites for hydroxylation is 2. The Morgan fingerprint density at radius 2 is 2.03 bits per heavy atom. The van der Waals surface area contributed by atoms with Gasteiger partial charge in [-0.3, -0.25) is 14.6 Å². The van der Waals surface area contributed by atoms with E-state index in [1.165, 1.54) is 17.2 Å². The number of fused-ring (bicyclic) bond motifs is 2. The Morgan fingerprint density at radius 1 is 1.21 bits per heavy atom. The van der Waals surface area contributed by atoms with E-state index in [-0.39, 0.29) is 11.3 Å². The van der Waals surface area contributed by atoms with Crippen LogP contribution in [0.4, 0.5) is 0 Å². The monoisotopic (exact) mass is 505 g/mol. The van der Waals surface area contributed by atoms with Crippen molar-refractivity contribution in [3.05, 3.63) is 66.8 Å². The van der Waals surface area contributed by atoms with Crippen LogP contribution in [-0.4, -0.2) is 53.4 Å². The number of rotatable bonds is 5. The van der Waals surface area contributed by atoms with Crippen molar-refractivity contribution in [2.24, 2.45) is 12.5 Å². The fraction of sp³-hybridized carbons (Fsp3) is 0.333. The molecular weight excluding hydrogens is 474 g/mol. The Hall–Kier alpha value is -4.20. The lowest BCUT2D eigenvalue weighted by Gasteiger charge is -2.58. The molecule has 0 atom stereocenters. The van der Waals surface area contributed by atoms with Crippen LogP contribution in [0.3, 0.4) is 0 Å². The largest absolute Gasteiger partial charge is 0.338 e. The number of amides is 1. The van der Waals surface area contributed by atoms with Crippen LogP contribution in [-0.2, 0) is 18.4 Å². The minimum Gasteiger partial charge on any atom is -0.338 e. The van der Waals surface area contributed by atoms with Crippen molar-refractivity contribution in [1.82, 2.24) is 34.4 Å². The summed E-state index contributed by atoms with van der Waals surface area (Å²) in [6, 6.07) is 10.8. The summed E-state index contributed by atoms with van der Waals surface area (Å²) in [7, 11) is 1.97. The van der Waals surface area contributed by atoms with Crippen molar-refractivity contribution in [1.29, 1.82) is 0 Å². The first-order valence-electron chi connectivity index (χ1n) is 13.3. The second kappa shape index (κ2) is 8.15. The van der Waals surface area contributed by atoms with Gasteiger partial charge in [-0.15, -0.1) is 0 Å². The highest BCUT2D eigenvalue weighted by atomic mass is 16.2. The predicted molar refractivity (Wildman–Crippen MR) is 149 cm³/mol. The van der Waals surface area contributed by atoms with Gasteiger partial charge in [-0.25, -0.2) is 4.98 Å². The number of aromatic amines is 1. The third kappa shape index (κ3) is 3.22. The Morgan fingerprint density at radius 3 is 2.79 bits per heavy atom. The van der Waals surface area contributed by atoms with Crippen LogP contribution in [0, 0.1) is 12.3 Å². The molecule has 7 rings (SSSR count). The van der Waals surface area contributed by atoms with Gasteiger partial charge in [-0.05, 0) is 56.5 Å². The van der Waals surface area contributed by atoms with Gasteiger partial charge < -0.3 is 9.47 Å². The summed E-state index contributed by atoms with van der Waals surface area (Å²) >= 11 is 0. The van der Waals surface area contributed by atoms with Crippen molar-refractivity contribution >= 4 is 27.7 Å². The van der Waals surface area contributed by atoms with Crippen LogP contribution in [0.5, 0.6) is 0 Å². The normalized spacial score (nSPS) is 16.8. The Labute approximate surface area is 221 Å². The molecule has 2 aliphatic rings. The maximum absolute atomic E-state index is 12.0. The first-order valence-corrected chi connectivity index (χ1v) is 13.3. The lowest BCUT2D eigenvalue weighted by Crippen LogP contribution is -2.63. The summed E-state index contributed by atoms with van der Waals surface area (Å²) < 4.78 is 4.32. The first kappa shape index (κ1) is 23.0. The number of aromatic nitrogens is 6. The molecule has 2 fully saturated rings. The second-order valence-electron chi connectivity index (χ2n) is 11.0. The van der Waals surface area contributed by atoms with Crippen molar-refractivity contribution in [2.45, 2.75) is 39.2 Å². The Kier molecular flexibility index (Phi) is 4.92. The van der Waals surface area contributed by atoms with Gasteiger partial charge in [-0.1, -0.05) is 18.7 Å². The van der Waals surface area contributed by atoms with E-state index in [2.05, 4.69) is 70.6 Å². The number of H-pyrrole nitrogens is 1. The van der Waals surface area contributed by atoms with Gasteiger partial charge in [0.25, 0.3) is 0 Å². The van der Waals surface area contributed by atoms with E-state index in [1.807, 2.05) is 29.0 Å². The number of nitrogens with one attached hydrogen (secondary N) is 1. The molecule has 0 bridgehead atoms. The van der Waals surface area contributed by atoms with E-state index in [4.69, 9.17) is 4.98 Å².